The van der Waals surface area contributed by atoms with E-state index < -0.39 is 46.8 Å². The van der Waals surface area contributed by atoms with E-state index in [4.69, 9.17) is 9.60 Å². The van der Waals surface area contributed by atoms with Crippen LogP contribution in [0.3, 0.4) is 0 Å². The van der Waals surface area contributed by atoms with Gasteiger partial charge < -0.3 is 10.4 Å². The average molecular weight is 443 g/mol. The van der Waals surface area contributed by atoms with Gasteiger partial charge in [-0.1, -0.05) is 6.92 Å². The number of aliphatic hydroxyl groups is 1. The number of aliphatic hydroxyl groups excluding tert-OH is 1. The highest BCUT2D eigenvalue weighted by atomic mass is 32.2. The maximum absolute atomic E-state index is 13.3. The predicted octanol–water partition coefficient (Wildman–Crippen LogP) is 1.27. The van der Waals surface area contributed by atoms with Crippen molar-refractivity contribution in [2.45, 2.75) is 57.6 Å². The molecule has 4 rings (SSSR count). The van der Waals surface area contributed by atoms with Gasteiger partial charge in [0.05, 0.1) is 13.7 Å². The summed E-state index contributed by atoms with van der Waals surface area (Å²) in [5.74, 6) is -0.346. The summed E-state index contributed by atoms with van der Waals surface area (Å²) in [5.41, 5.74) is -0.947. The second-order valence-electron chi connectivity index (χ2n) is 7.91. The van der Waals surface area contributed by atoms with Gasteiger partial charge in [0.2, 0.25) is 16.0 Å². The van der Waals surface area contributed by atoms with E-state index in [1.807, 2.05) is 0 Å². The number of anilines is 1. The summed E-state index contributed by atoms with van der Waals surface area (Å²) < 4.78 is 80.5. The number of sulfonamides is 1. The molecule has 0 aromatic carbocycles. The Hall–Kier alpha value is -2.04. The summed E-state index contributed by atoms with van der Waals surface area (Å²) >= 11 is 0. The lowest BCUT2D eigenvalue weighted by atomic mass is 10.0. The minimum Gasteiger partial charge on any atom is -0.393 e. The standard InChI is InChI=1S/C20H29N5O4S/c1-12-10-14-11-21-20(22-15-6-8-24(9-7-15)30(3,28)29)23-18(14)25(19(12)27)16-4-5-17(26)13(16)2/h10-11,13,15-17,26H,4-9H2,1-3H3,(H,21,22,23)/t13-,16-,17-/m0/s1/i1D3,3D3,15D. The van der Waals surface area contributed by atoms with Gasteiger partial charge in [-0.2, -0.15) is 4.98 Å². The van der Waals surface area contributed by atoms with Crippen LogP contribution in [0.15, 0.2) is 17.1 Å². The molecule has 1 aliphatic carbocycles. The maximum atomic E-state index is 13.3. The molecule has 0 amide bonds. The van der Waals surface area contributed by atoms with Gasteiger partial charge in [-0.05, 0) is 38.6 Å². The molecule has 2 aromatic rings. The zero-order valence-electron chi connectivity index (χ0n) is 23.5. The SMILES string of the molecule is [2H]C1(Nc2ncc3cc(C([2H])([2H])[2H])c(=O)n([C@H]4CC[C@H](O)[C@H]4C)c3n2)CCN(S(=O)(=O)C([2H])([2H])[2H])CC1. The second kappa shape index (κ2) is 7.90. The number of nitrogens with one attached hydrogen (secondary N) is 1. The topological polar surface area (TPSA) is 117 Å². The van der Waals surface area contributed by atoms with E-state index in [1.54, 1.807) is 6.92 Å². The van der Waals surface area contributed by atoms with Gasteiger partial charge in [-0.25, -0.2) is 17.7 Å². The number of nitrogens with zero attached hydrogens (tertiary/aromatic N) is 4. The van der Waals surface area contributed by atoms with Crippen molar-refractivity contribution in [3.05, 3.63) is 28.2 Å². The third kappa shape index (κ3) is 3.95. The van der Waals surface area contributed by atoms with Crippen molar-refractivity contribution < 1.29 is 23.1 Å². The summed E-state index contributed by atoms with van der Waals surface area (Å²) in [6.45, 7) is -1.26. The number of hydrogen-bond acceptors (Lipinski definition) is 7. The molecule has 1 aliphatic heterocycles. The van der Waals surface area contributed by atoms with Crippen LogP contribution in [0.4, 0.5) is 5.95 Å². The molecule has 0 spiro atoms. The molecule has 3 heterocycles. The minimum absolute atomic E-state index is 0.0180. The van der Waals surface area contributed by atoms with E-state index >= 15 is 0 Å². The number of piperidine rings is 1. The molecular weight excluding hydrogens is 406 g/mol. The Balaban J connectivity index is 1.69. The molecular formula is C20H29N5O4S. The van der Waals surface area contributed by atoms with Crippen molar-refractivity contribution >= 4 is 27.0 Å². The number of fused-ring (bicyclic) bond motifs is 1. The molecule has 3 atom stereocenters. The molecule has 1 saturated heterocycles. The highest BCUT2D eigenvalue weighted by Gasteiger charge is 2.34. The Bertz CT molecular complexity index is 1350. The molecule has 2 fully saturated rings. The Labute approximate surface area is 186 Å². The molecule has 2 aromatic heterocycles. The van der Waals surface area contributed by atoms with Crippen molar-refractivity contribution in [2.75, 3.05) is 24.6 Å². The van der Waals surface area contributed by atoms with Crippen LogP contribution in [-0.4, -0.2) is 63.8 Å². The van der Waals surface area contributed by atoms with E-state index in [-0.39, 0.29) is 49.0 Å². The molecule has 0 radical (unpaired) electrons. The van der Waals surface area contributed by atoms with Crippen LogP contribution < -0.4 is 10.9 Å². The lowest BCUT2D eigenvalue weighted by Crippen LogP contribution is -2.42. The zero-order chi connectivity index (χ0) is 27.6. The monoisotopic (exact) mass is 442 g/mol. The van der Waals surface area contributed by atoms with Crippen LogP contribution >= 0.6 is 0 Å². The zero-order valence-corrected chi connectivity index (χ0v) is 17.3. The maximum Gasteiger partial charge on any atom is 0.255 e. The number of rotatable bonds is 4. The minimum atomic E-state index is -4.51. The summed E-state index contributed by atoms with van der Waals surface area (Å²) in [4.78, 5) is 22.0. The fourth-order valence-corrected chi connectivity index (χ4v) is 4.92. The number of aromatic nitrogens is 3. The summed E-state index contributed by atoms with van der Waals surface area (Å²) in [6.07, 6.45) is -1.68. The first-order valence-corrected chi connectivity index (χ1v) is 11.3. The number of aryl methyl sites for hydroxylation is 1. The van der Waals surface area contributed by atoms with E-state index in [2.05, 4.69) is 15.3 Å². The van der Waals surface area contributed by atoms with E-state index in [0.717, 1.165) is 4.31 Å². The quantitative estimate of drug-likeness (QED) is 0.732. The summed E-state index contributed by atoms with van der Waals surface area (Å²) in [5, 5.41) is 13.5. The molecule has 0 bridgehead atoms. The molecule has 1 saturated carbocycles. The van der Waals surface area contributed by atoms with Crippen LogP contribution in [0.1, 0.15) is 53.8 Å². The fraction of sp³-hybridized carbons (Fsp3) is 0.650. The summed E-state index contributed by atoms with van der Waals surface area (Å²) in [6, 6.07) is -0.668. The average Bonchev–Trinajstić information content (AvgIpc) is 3.10. The third-order valence-corrected chi connectivity index (χ3v) is 7.08. The lowest BCUT2D eigenvalue weighted by Gasteiger charge is -2.30. The molecule has 2 aliphatic rings. The van der Waals surface area contributed by atoms with E-state index in [0.29, 0.717) is 18.2 Å². The molecule has 164 valence electrons. The molecule has 10 heteroatoms. The number of pyridine rings is 1. The van der Waals surface area contributed by atoms with Crippen LogP contribution in [0.2, 0.25) is 0 Å². The first kappa shape index (κ1) is 14.1. The highest BCUT2D eigenvalue weighted by Crippen LogP contribution is 2.36. The van der Waals surface area contributed by atoms with Crippen molar-refractivity contribution in [3.8, 4) is 0 Å². The van der Waals surface area contributed by atoms with E-state index in [1.165, 1.54) is 16.8 Å². The lowest BCUT2D eigenvalue weighted by molar-refractivity contribution is 0.129. The van der Waals surface area contributed by atoms with Gasteiger partial charge in [-0.3, -0.25) is 9.36 Å². The van der Waals surface area contributed by atoms with Crippen molar-refractivity contribution in [1.82, 2.24) is 18.8 Å². The van der Waals surface area contributed by atoms with Gasteiger partial charge in [0.1, 0.15) is 5.65 Å². The molecule has 2 N–H and O–H groups in total. The first-order valence-electron chi connectivity index (χ1n) is 13.3. The van der Waals surface area contributed by atoms with Crippen LogP contribution in [0.25, 0.3) is 11.0 Å². The third-order valence-electron chi connectivity index (χ3n) is 6.03. The van der Waals surface area contributed by atoms with E-state index in [9.17, 15) is 18.3 Å². The second-order valence-corrected chi connectivity index (χ2v) is 9.38. The predicted molar refractivity (Wildman–Crippen MR) is 115 cm³/mol. The molecule has 30 heavy (non-hydrogen) atoms. The Morgan fingerprint density at radius 1 is 1.30 bits per heavy atom. The molecule has 9 nitrogen and oxygen atoms in total. The smallest absolute Gasteiger partial charge is 0.255 e. The summed E-state index contributed by atoms with van der Waals surface area (Å²) in [7, 11) is -4.51. The van der Waals surface area contributed by atoms with Gasteiger partial charge >= 0.3 is 0 Å². The van der Waals surface area contributed by atoms with Crippen LogP contribution in [0, 0.1) is 12.8 Å². The Morgan fingerprint density at radius 2 is 2.07 bits per heavy atom. The highest BCUT2D eigenvalue weighted by molar-refractivity contribution is 7.88. The van der Waals surface area contributed by atoms with Crippen molar-refractivity contribution in [2.24, 2.45) is 5.92 Å². The fourth-order valence-electron chi connectivity index (χ4n) is 4.26. The largest absolute Gasteiger partial charge is 0.393 e. The van der Waals surface area contributed by atoms with Gasteiger partial charge in [-0.15, -0.1) is 0 Å². The van der Waals surface area contributed by atoms with Crippen LogP contribution in [0.5, 0.6) is 0 Å². The van der Waals surface area contributed by atoms with Gasteiger partial charge in [0.15, 0.2) is 0 Å². The van der Waals surface area contributed by atoms with Crippen molar-refractivity contribution in [1.29, 1.82) is 0 Å². The van der Waals surface area contributed by atoms with Crippen LogP contribution in [-0.2, 0) is 10.0 Å². The number of hydrogen-bond donors (Lipinski definition) is 2. The molecule has 0 unspecified atom stereocenters. The normalized spacial score (nSPS) is 31.7. The Kier molecular flexibility index (Phi) is 3.71. The van der Waals surface area contributed by atoms with Crippen molar-refractivity contribution in [3.63, 3.8) is 0 Å². The Morgan fingerprint density at radius 3 is 2.70 bits per heavy atom. The van der Waals surface area contributed by atoms with Gasteiger partial charge in [0, 0.05) is 56.4 Å². The van der Waals surface area contributed by atoms with Gasteiger partial charge in [0.25, 0.3) is 5.56 Å². The first-order chi connectivity index (χ1) is 16.9.